The van der Waals surface area contributed by atoms with Crippen molar-refractivity contribution in [3.8, 4) is 34.0 Å². The number of halogens is 2. The number of fused-ring (bicyclic) bond motifs is 1. The van der Waals surface area contributed by atoms with Crippen LogP contribution in [-0.2, 0) is 16.1 Å². The average Bonchev–Trinajstić information content (AvgIpc) is 3.46. The van der Waals surface area contributed by atoms with Gasteiger partial charge < -0.3 is 24.6 Å². The Labute approximate surface area is 240 Å². The molecule has 1 aliphatic heterocycles. The number of ether oxygens (including phenoxy) is 3. The van der Waals surface area contributed by atoms with Crippen LogP contribution < -0.4 is 14.8 Å². The third kappa shape index (κ3) is 5.78. The first-order valence-electron chi connectivity index (χ1n) is 13.3. The van der Waals surface area contributed by atoms with Crippen LogP contribution in [0.15, 0.2) is 43.4 Å². The van der Waals surface area contributed by atoms with Gasteiger partial charge in [-0.2, -0.15) is 5.10 Å². The maximum absolute atomic E-state index is 15.5. The van der Waals surface area contributed by atoms with Gasteiger partial charge in [-0.1, -0.05) is 6.58 Å². The third-order valence-corrected chi connectivity index (χ3v) is 7.14. The Bertz CT molecular complexity index is 1600. The molecule has 5 rings (SSSR count). The lowest BCUT2D eigenvalue weighted by Gasteiger charge is -2.31. The quantitative estimate of drug-likeness (QED) is 0.252. The van der Waals surface area contributed by atoms with E-state index in [9.17, 15) is 9.90 Å². The minimum Gasteiger partial charge on any atom is -0.494 e. The van der Waals surface area contributed by atoms with Crippen molar-refractivity contribution >= 4 is 22.6 Å². The van der Waals surface area contributed by atoms with Crippen molar-refractivity contribution in [3.63, 3.8) is 0 Å². The molecule has 2 atom stereocenters. The molecule has 1 aromatic carbocycles. The second kappa shape index (κ2) is 12.6. The number of hydrogen-bond acceptors (Lipinski definition) is 10. The van der Waals surface area contributed by atoms with Gasteiger partial charge in [0.25, 0.3) is 0 Å². The number of ketones is 1. The SMILES string of the molecule is C=CC(=O)C[C@H]1CCOC[C@H]1Nc1ncc2cc(-c3c(F)c(OC)cc(OC)c3F)nc(-c3cnn(CCO)c3)c2n1. The number of methoxy groups -OCH3 is 2. The number of nitrogens with one attached hydrogen (secondary N) is 1. The van der Waals surface area contributed by atoms with Crippen LogP contribution in [0.4, 0.5) is 14.7 Å². The first kappa shape index (κ1) is 29.0. The van der Waals surface area contributed by atoms with Crippen molar-refractivity contribution in [2.75, 3.05) is 39.4 Å². The number of carbonyl (C=O) groups is 1. The van der Waals surface area contributed by atoms with E-state index in [-0.39, 0.29) is 59.7 Å². The number of aromatic nitrogens is 5. The molecule has 11 nitrogen and oxygen atoms in total. The highest BCUT2D eigenvalue weighted by Gasteiger charge is 2.29. The predicted molar refractivity (Wildman–Crippen MR) is 150 cm³/mol. The molecule has 4 aromatic rings. The van der Waals surface area contributed by atoms with Crippen LogP contribution in [-0.4, -0.2) is 75.7 Å². The van der Waals surface area contributed by atoms with Gasteiger partial charge in [-0.25, -0.2) is 23.7 Å². The molecule has 3 aromatic heterocycles. The van der Waals surface area contributed by atoms with Gasteiger partial charge in [0, 0.05) is 42.4 Å². The highest BCUT2D eigenvalue weighted by Crippen LogP contribution is 2.39. The van der Waals surface area contributed by atoms with Gasteiger partial charge in [-0.15, -0.1) is 0 Å². The van der Waals surface area contributed by atoms with E-state index in [2.05, 4.69) is 27.0 Å². The molecule has 1 aliphatic rings. The summed E-state index contributed by atoms with van der Waals surface area (Å²) in [5.74, 6) is -2.10. The molecule has 0 spiro atoms. The highest BCUT2D eigenvalue weighted by molar-refractivity contribution is 5.94. The van der Waals surface area contributed by atoms with Gasteiger partial charge in [0.2, 0.25) is 5.95 Å². The van der Waals surface area contributed by atoms with Gasteiger partial charge in [-0.05, 0) is 24.5 Å². The van der Waals surface area contributed by atoms with Gasteiger partial charge in [0.05, 0.1) is 57.5 Å². The van der Waals surface area contributed by atoms with Crippen molar-refractivity contribution in [1.29, 1.82) is 0 Å². The molecular formula is C29H30F2N6O5. The van der Waals surface area contributed by atoms with E-state index in [1.54, 1.807) is 6.20 Å². The second-order valence-corrected chi connectivity index (χ2v) is 9.74. The molecule has 2 N–H and O–H groups in total. The zero-order valence-corrected chi connectivity index (χ0v) is 23.1. The molecular weight excluding hydrogens is 550 g/mol. The lowest BCUT2D eigenvalue weighted by Crippen LogP contribution is -2.40. The topological polar surface area (TPSA) is 134 Å². The highest BCUT2D eigenvalue weighted by atomic mass is 19.1. The summed E-state index contributed by atoms with van der Waals surface area (Å²) in [6.45, 7) is 4.58. The first-order valence-corrected chi connectivity index (χ1v) is 13.3. The number of pyridine rings is 1. The van der Waals surface area contributed by atoms with Crippen LogP contribution >= 0.6 is 0 Å². The second-order valence-electron chi connectivity index (χ2n) is 9.74. The number of allylic oxidation sites excluding steroid dienone is 1. The van der Waals surface area contributed by atoms with Crippen LogP contribution in [0.3, 0.4) is 0 Å². The molecule has 0 amide bonds. The molecule has 1 fully saturated rings. The Balaban J connectivity index is 1.63. The zero-order chi connectivity index (χ0) is 29.8. The molecule has 0 bridgehead atoms. The van der Waals surface area contributed by atoms with Crippen LogP contribution in [0, 0.1) is 17.6 Å². The number of aliphatic hydroxyl groups excluding tert-OH is 1. The number of anilines is 1. The molecule has 13 heteroatoms. The predicted octanol–water partition coefficient (Wildman–Crippen LogP) is 3.81. The summed E-state index contributed by atoms with van der Waals surface area (Å²) in [6, 6.07) is 2.38. The fourth-order valence-corrected chi connectivity index (χ4v) is 4.95. The van der Waals surface area contributed by atoms with Gasteiger partial charge in [0.1, 0.15) is 11.2 Å². The average molecular weight is 581 g/mol. The van der Waals surface area contributed by atoms with Crippen molar-refractivity contribution in [2.24, 2.45) is 5.92 Å². The summed E-state index contributed by atoms with van der Waals surface area (Å²) in [5.41, 5.74) is 0.717. The molecule has 4 heterocycles. The molecule has 42 heavy (non-hydrogen) atoms. The molecule has 220 valence electrons. The largest absolute Gasteiger partial charge is 0.494 e. The van der Waals surface area contributed by atoms with E-state index in [4.69, 9.17) is 19.2 Å². The van der Waals surface area contributed by atoms with Gasteiger partial charge >= 0.3 is 0 Å². The van der Waals surface area contributed by atoms with E-state index >= 15 is 8.78 Å². The van der Waals surface area contributed by atoms with E-state index in [0.717, 1.165) is 6.07 Å². The van der Waals surface area contributed by atoms with Crippen molar-refractivity contribution in [1.82, 2.24) is 24.7 Å². The minimum absolute atomic E-state index is 0.00535. The van der Waals surface area contributed by atoms with Gasteiger partial charge in [0.15, 0.2) is 28.9 Å². The Morgan fingerprint density at radius 2 is 1.98 bits per heavy atom. The number of benzene rings is 1. The van der Waals surface area contributed by atoms with Crippen molar-refractivity contribution in [2.45, 2.75) is 25.4 Å². The van der Waals surface area contributed by atoms with Crippen LogP contribution in [0.25, 0.3) is 33.4 Å². The Morgan fingerprint density at radius 3 is 2.67 bits per heavy atom. The molecule has 0 unspecified atom stereocenters. The maximum atomic E-state index is 15.5. The van der Waals surface area contributed by atoms with Crippen molar-refractivity contribution < 1.29 is 32.9 Å². The maximum Gasteiger partial charge on any atom is 0.223 e. The summed E-state index contributed by atoms with van der Waals surface area (Å²) >= 11 is 0. The van der Waals surface area contributed by atoms with Crippen LogP contribution in [0.1, 0.15) is 12.8 Å². The fraction of sp³-hybridized carbons (Fsp3) is 0.345. The van der Waals surface area contributed by atoms with Crippen LogP contribution in [0.2, 0.25) is 0 Å². The monoisotopic (exact) mass is 580 g/mol. The molecule has 1 saturated heterocycles. The summed E-state index contributed by atoms with van der Waals surface area (Å²) in [7, 11) is 2.54. The third-order valence-electron chi connectivity index (χ3n) is 7.14. The van der Waals surface area contributed by atoms with Gasteiger partial charge in [-0.3, -0.25) is 9.48 Å². The zero-order valence-electron chi connectivity index (χ0n) is 23.1. The lowest BCUT2D eigenvalue weighted by molar-refractivity contribution is -0.116. The summed E-state index contributed by atoms with van der Waals surface area (Å²) < 4.78 is 48.3. The molecule has 0 saturated carbocycles. The Hall–Kier alpha value is -4.49. The number of carbonyl (C=O) groups excluding carboxylic acids is 1. The standard InChI is InChI=1S/C29H30F2N6O5/c1-4-19(39)9-16-5-8-42-15-21(16)35-29-32-12-17-10-20(24-25(30)22(40-2)11-23(41-3)26(24)31)34-28(27(17)36-29)18-13-33-37(14-18)6-7-38/h4,10-14,16,21,38H,1,5-9,15H2,2-3H3,(H,32,35,36)/t16-,21-/m1/s1. The lowest BCUT2D eigenvalue weighted by atomic mass is 9.90. The first-order chi connectivity index (χ1) is 20.4. The smallest absolute Gasteiger partial charge is 0.223 e. The van der Waals surface area contributed by atoms with E-state index in [1.165, 1.54) is 43.4 Å². The fourth-order valence-electron chi connectivity index (χ4n) is 4.95. The summed E-state index contributed by atoms with van der Waals surface area (Å²) in [4.78, 5) is 25.9. The number of aliphatic hydroxyl groups is 1. The van der Waals surface area contributed by atoms with E-state index in [1.807, 2.05) is 0 Å². The summed E-state index contributed by atoms with van der Waals surface area (Å²) in [6.07, 6.45) is 7.03. The number of rotatable bonds is 11. The van der Waals surface area contributed by atoms with E-state index in [0.29, 0.717) is 42.5 Å². The molecule has 0 aliphatic carbocycles. The number of hydrogen-bond donors (Lipinski definition) is 2. The Kier molecular flexibility index (Phi) is 8.69. The molecule has 0 radical (unpaired) electrons. The summed E-state index contributed by atoms with van der Waals surface area (Å²) in [5, 5.41) is 17.4. The van der Waals surface area contributed by atoms with E-state index < -0.39 is 17.2 Å². The van der Waals surface area contributed by atoms with Crippen LogP contribution in [0.5, 0.6) is 11.5 Å². The minimum atomic E-state index is -0.943. The normalized spacial score (nSPS) is 16.8. The Morgan fingerprint density at radius 1 is 1.21 bits per heavy atom. The van der Waals surface area contributed by atoms with Crippen molar-refractivity contribution in [3.05, 3.63) is 55.0 Å². The number of nitrogens with zero attached hydrogens (tertiary/aromatic N) is 5.